The Morgan fingerprint density at radius 3 is 2.21 bits per heavy atom. The summed E-state index contributed by atoms with van der Waals surface area (Å²) in [5, 5.41) is 11.1. The number of nitrogens with zero attached hydrogens (tertiary/aromatic N) is 2. The smallest absolute Gasteiger partial charge is 0.295 e. The molecular weight excluding hydrogens is 416 g/mol. The fourth-order valence-corrected chi connectivity index (χ4v) is 4.08. The van der Waals surface area contributed by atoms with Crippen LogP contribution in [0.2, 0.25) is 0 Å². The minimum absolute atomic E-state index is 0.130. The summed E-state index contributed by atoms with van der Waals surface area (Å²) in [6, 6.07) is 14.1. The van der Waals surface area contributed by atoms with Crippen LogP contribution in [0.25, 0.3) is 5.76 Å². The van der Waals surface area contributed by atoms with Gasteiger partial charge in [-0.1, -0.05) is 62.7 Å². The second-order valence-electron chi connectivity index (χ2n) is 8.30. The van der Waals surface area contributed by atoms with Gasteiger partial charge in [0.05, 0.1) is 18.2 Å². The van der Waals surface area contributed by atoms with E-state index < -0.39 is 17.7 Å². The van der Waals surface area contributed by atoms with Gasteiger partial charge in [0.2, 0.25) is 0 Å². The van der Waals surface area contributed by atoms with E-state index in [1.807, 2.05) is 50.2 Å². The average Bonchev–Trinajstić information content (AvgIpc) is 3.08. The highest BCUT2D eigenvalue weighted by atomic mass is 16.5. The van der Waals surface area contributed by atoms with E-state index >= 15 is 0 Å². The van der Waals surface area contributed by atoms with Crippen molar-refractivity contribution in [2.24, 2.45) is 0 Å². The zero-order valence-electron chi connectivity index (χ0n) is 20.0. The van der Waals surface area contributed by atoms with E-state index in [0.29, 0.717) is 25.3 Å². The van der Waals surface area contributed by atoms with Crippen molar-refractivity contribution in [3.8, 4) is 5.75 Å². The molecule has 1 saturated heterocycles. The predicted octanol–water partition coefficient (Wildman–Crippen LogP) is 4.55. The first kappa shape index (κ1) is 24.5. The molecule has 1 atom stereocenters. The van der Waals surface area contributed by atoms with Crippen molar-refractivity contribution in [2.75, 3.05) is 32.8 Å². The molecule has 1 heterocycles. The number of carbonyl (C=O) groups excluding carboxylic acids is 2. The number of hydrogen-bond donors (Lipinski definition) is 1. The van der Waals surface area contributed by atoms with Crippen LogP contribution in [0.1, 0.15) is 49.9 Å². The van der Waals surface area contributed by atoms with Gasteiger partial charge in [-0.05, 0) is 44.1 Å². The number of hydrogen-bond acceptors (Lipinski definition) is 5. The lowest BCUT2D eigenvalue weighted by atomic mass is 9.95. The molecule has 2 aromatic rings. The third-order valence-electron chi connectivity index (χ3n) is 6.09. The molecule has 0 spiro atoms. The number of likely N-dealkylation sites (N-methyl/N-ethyl adjacent to an activating group) is 1. The number of aryl methyl sites for hydroxylation is 1. The number of amides is 1. The fraction of sp³-hybridized carbons (Fsp3) is 0.407. The van der Waals surface area contributed by atoms with Crippen LogP contribution < -0.4 is 4.74 Å². The minimum Gasteiger partial charge on any atom is -0.507 e. The van der Waals surface area contributed by atoms with Crippen LogP contribution in [0.3, 0.4) is 0 Å². The Bertz CT molecular complexity index is 992. The van der Waals surface area contributed by atoms with Crippen molar-refractivity contribution in [2.45, 2.75) is 40.2 Å². The van der Waals surface area contributed by atoms with Crippen molar-refractivity contribution in [1.82, 2.24) is 9.80 Å². The maximum absolute atomic E-state index is 13.1. The number of ketones is 1. The maximum atomic E-state index is 13.1. The lowest BCUT2D eigenvalue weighted by molar-refractivity contribution is -0.140. The minimum atomic E-state index is -0.651. The van der Waals surface area contributed by atoms with Gasteiger partial charge in [0.1, 0.15) is 11.5 Å². The lowest BCUT2D eigenvalue weighted by Gasteiger charge is -2.28. The van der Waals surface area contributed by atoms with Crippen molar-refractivity contribution >= 4 is 17.4 Å². The van der Waals surface area contributed by atoms with E-state index in [1.165, 1.54) is 0 Å². The summed E-state index contributed by atoms with van der Waals surface area (Å²) >= 11 is 0. The third kappa shape index (κ3) is 5.45. The van der Waals surface area contributed by atoms with Gasteiger partial charge in [-0.25, -0.2) is 0 Å². The average molecular weight is 451 g/mol. The molecule has 33 heavy (non-hydrogen) atoms. The Kier molecular flexibility index (Phi) is 8.28. The van der Waals surface area contributed by atoms with Crippen molar-refractivity contribution in [3.63, 3.8) is 0 Å². The Balaban J connectivity index is 2.04. The molecular formula is C27H34N2O4. The molecule has 176 valence electrons. The normalized spacial score (nSPS) is 17.7. The molecule has 2 aromatic carbocycles. The quantitative estimate of drug-likeness (QED) is 0.327. The third-order valence-corrected chi connectivity index (χ3v) is 6.09. The second kappa shape index (κ2) is 11.1. The van der Waals surface area contributed by atoms with E-state index in [9.17, 15) is 14.7 Å². The van der Waals surface area contributed by atoms with Gasteiger partial charge in [-0.15, -0.1) is 0 Å². The molecule has 0 unspecified atom stereocenters. The van der Waals surface area contributed by atoms with Gasteiger partial charge in [0.25, 0.3) is 11.7 Å². The number of ether oxygens (including phenoxy) is 1. The van der Waals surface area contributed by atoms with Crippen LogP contribution >= 0.6 is 0 Å². The number of aliphatic hydroxyl groups is 1. The highest BCUT2D eigenvalue weighted by Crippen LogP contribution is 2.39. The van der Waals surface area contributed by atoms with Gasteiger partial charge in [-0.3, -0.25) is 9.59 Å². The van der Waals surface area contributed by atoms with Crippen molar-refractivity contribution in [1.29, 1.82) is 0 Å². The zero-order chi connectivity index (χ0) is 24.0. The molecule has 0 saturated carbocycles. The summed E-state index contributed by atoms with van der Waals surface area (Å²) in [7, 11) is 0. The molecule has 0 bridgehead atoms. The summed E-state index contributed by atoms with van der Waals surface area (Å²) in [6.07, 6.45) is 0.907. The van der Waals surface area contributed by atoms with E-state index in [4.69, 9.17) is 4.74 Å². The fourth-order valence-electron chi connectivity index (χ4n) is 4.08. The summed E-state index contributed by atoms with van der Waals surface area (Å²) in [6.45, 7) is 11.5. The van der Waals surface area contributed by atoms with Crippen molar-refractivity contribution in [3.05, 3.63) is 70.8 Å². The first-order valence-electron chi connectivity index (χ1n) is 11.7. The molecule has 6 nitrogen and oxygen atoms in total. The van der Waals surface area contributed by atoms with Crippen LogP contribution in [0.5, 0.6) is 5.75 Å². The molecule has 0 aromatic heterocycles. The number of likely N-dealkylation sites (tertiary alicyclic amines) is 1. The van der Waals surface area contributed by atoms with Crippen LogP contribution in [0, 0.1) is 6.92 Å². The van der Waals surface area contributed by atoms with Gasteiger partial charge in [-0.2, -0.15) is 0 Å². The largest absolute Gasteiger partial charge is 0.507 e. The number of Topliss-reactive ketones (excluding diaryl/α,β-unsaturated/α-hetero) is 1. The van der Waals surface area contributed by atoms with Gasteiger partial charge >= 0.3 is 0 Å². The summed E-state index contributed by atoms with van der Waals surface area (Å²) in [5.41, 5.74) is 2.47. The van der Waals surface area contributed by atoms with Crippen LogP contribution in [0.4, 0.5) is 0 Å². The molecule has 0 aliphatic carbocycles. The van der Waals surface area contributed by atoms with Gasteiger partial charge in [0, 0.05) is 18.7 Å². The van der Waals surface area contributed by atoms with Gasteiger partial charge < -0.3 is 19.6 Å². The van der Waals surface area contributed by atoms with Crippen LogP contribution in [0.15, 0.2) is 54.1 Å². The molecule has 1 amide bonds. The Hall–Kier alpha value is -3.12. The first-order chi connectivity index (χ1) is 15.9. The summed E-state index contributed by atoms with van der Waals surface area (Å²) in [5.74, 6) is -0.634. The second-order valence-corrected chi connectivity index (χ2v) is 8.30. The highest BCUT2D eigenvalue weighted by Gasteiger charge is 2.45. The number of aliphatic hydroxyl groups excluding tert-OH is 1. The Morgan fingerprint density at radius 2 is 1.64 bits per heavy atom. The predicted molar refractivity (Wildman–Crippen MR) is 130 cm³/mol. The molecule has 1 aliphatic heterocycles. The van der Waals surface area contributed by atoms with Gasteiger partial charge in [0.15, 0.2) is 0 Å². The molecule has 3 rings (SSSR count). The standard InChI is InChI=1S/C27H34N2O4/c1-5-18-33-22-14-12-20(13-15-22)24-23(25(30)21-10-8-19(4)9-11-21)26(31)27(32)29(24)17-16-28(6-2)7-3/h8-15,24,30H,5-7,16-18H2,1-4H3/t24-/m0/s1. The summed E-state index contributed by atoms with van der Waals surface area (Å²) < 4.78 is 5.69. The SMILES string of the molecule is CCCOc1ccc([C@H]2C(=C(O)c3ccc(C)cc3)C(=O)C(=O)N2CCN(CC)CC)cc1. The molecule has 6 heteroatoms. The molecule has 1 aliphatic rings. The van der Waals surface area contributed by atoms with Crippen LogP contribution in [-0.2, 0) is 9.59 Å². The van der Waals surface area contributed by atoms with E-state index in [2.05, 4.69) is 18.7 Å². The molecule has 1 N–H and O–H groups in total. The van der Waals surface area contributed by atoms with Crippen LogP contribution in [-0.4, -0.2) is 59.4 Å². The molecule has 0 radical (unpaired) electrons. The zero-order valence-corrected chi connectivity index (χ0v) is 20.0. The number of benzene rings is 2. The maximum Gasteiger partial charge on any atom is 0.295 e. The first-order valence-corrected chi connectivity index (χ1v) is 11.7. The van der Waals surface area contributed by atoms with E-state index in [-0.39, 0.29) is 11.3 Å². The highest BCUT2D eigenvalue weighted by molar-refractivity contribution is 6.46. The molecule has 1 fully saturated rings. The monoisotopic (exact) mass is 450 g/mol. The van der Waals surface area contributed by atoms with Crippen molar-refractivity contribution < 1.29 is 19.4 Å². The van der Waals surface area contributed by atoms with E-state index in [0.717, 1.165) is 36.4 Å². The number of rotatable bonds is 10. The number of carbonyl (C=O) groups is 2. The Labute approximate surface area is 196 Å². The topological polar surface area (TPSA) is 70.1 Å². The summed E-state index contributed by atoms with van der Waals surface area (Å²) in [4.78, 5) is 30.0. The lowest BCUT2D eigenvalue weighted by Crippen LogP contribution is -2.38. The Morgan fingerprint density at radius 1 is 1.00 bits per heavy atom. The van der Waals surface area contributed by atoms with E-state index in [1.54, 1.807) is 17.0 Å².